The van der Waals surface area contributed by atoms with Gasteiger partial charge in [0.2, 0.25) is 5.91 Å². The highest BCUT2D eigenvalue weighted by atomic mass is 16.5. The van der Waals surface area contributed by atoms with Gasteiger partial charge in [0.05, 0.1) is 0 Å². The summed E-state index contributed by atoms with van der Waals surface area (Å²) in [5.41, 5.74) is 6.13. The molecule has 0 saturated heterocycles. The molecule has 0 spiro atoms. The van der Waals surface area contributed by atoms with E-state index in [4.69, 9.17) is 10.3 Å². The first-order chi connectivity index (χ1) is 11.9. The first-order valence-corrected chi connectivity index (χ1v) is 8.19. The third-order valence-electron chi connectivity index (χ3n) is 3.87. The van der Waals surface area contributed by atoms with Gasteiger partial charge in [-0.05, 0) is 49.1 Å². The van der Waals surface area contributed by atoms with Crippen LogP contribution in [0.25, 0.3) is 0 Å². The van der Waals surface area contributed by atoms with Crippen molar-refractivity contribution in [2.45, 2.75) is 40.0 Å². The van der Waals surface area contributed by atoms with Crippen LogP contribution in [0.2, 0.25) is 0 Å². The molecule has 25 heavy (non-hydrogen) atoms. The van der Waals surface area contributed by atoms with E-state index in [1.54, 1.807) is 12.1 Å². The number of aromatic hydroxyl groups is 1. The van der Waals surface area contributed by atoms with Crippen molar-refractivity contribution in [1.82, 2.24) is 5.48 Å². The molecule has 134 valence electrons. The van der Waals surface area contributed by atoms with E-state index in [1.807, 2.05) is 0 Å². The average Bonchev–Trinajstić information content (AvgIpc) is 2.60. The smallest absolute Gasteiger partial charge is 0.243 e. The molecule has 0 saturated carbocycles. The Morgan fingerprint density at radius 3 is 2.08 bits per heavy atom. The molecule has 2 rings (SSSR count). The predicted molar refractivity (Wildman–Crippen MR) is 96.9 cm³/mol. The van der Waals surface area contributed by atoms with Gasteiger partial charge in [-0.3, -0.25) is 14.8 Å². The number of aryl methyl sites for hydroxylation is 2. The normalized spacial score (nSPS) is 9.76. The van der Waals surface area contributed by atoms with Gasteiger partial charge >= 0.3 is 0 Å². The van der Waals surface area contributed by atoms with Crippen molar-refractivity contribution in [1.29, 1.82) is 0 Å². The van der Waals surface area contributed by atoms with E-state index in [0.29, 0.717) is 5.56 Å². The molecule has 2 aromatic carbocycles. The van der Waals surface area contributed by atoms with E-state index >= 15 is 0 Å². The second-order valence-corrected chi connectivity index (χ2v) is 5.73. The van der Waals surface area contributed by atoms with E-state index in [0.717, 1.165) is 6.42 Å². The van der Waals surface area contributed by atoms with Crippen LogP contribution in [0.15, 0.2) is 42.5 Å². The summed E-state index contributed by atoms with van der Waals surface area (Å²) in [6.07, 6.45) is 1.07. The fourth-order valence-electron chi connectivity index (χ4n) is 2.51. The van der Waals surface area contributed by atoms with E-state index in [9.17, 15) is 9.59 Å². The lowest BCUT2D eigenvalue weighted by molar-refractivity contribution is -0.129. The van der Waals surface area contributed by atoms with Gasteiger partial charge in [0.25, 0.3) is 0 Å². The summed E-state index contributed by atoms with van der Waals surface area (Å²) in [6, 6.07) is 12.4. The summed E-state index contributed by atoms with van der Waals surface area (Å²) in [5.74, 6) is -0.856. The average molecular weight is 343 g/mol. The predicted octanol–water partition coefficient (Wildman–Crippen LogP) is 3.73. The molecule has 0 radical (unpaired) electrons. The number of amides is 1. The fraction of sp³-hybridized carbons (Fsp3) is 0.300. The minimum atomic E-state index is -0.608. The van der Waals surface area contributed by atoms with Crippen LogP contribution in [-0.2, 0) is 11.2 Å². The summed E-state index contributed by atoms with van der Waals surface area (Å²) in [5, 5.41) is 17.3. The zero-order valence-electron chi connectivity index (χ0n) is 14.9. The highest BCUT2D eigenvalue weighted by Crippen LogP contribution is 2.13. The largest absolute Gasteiger partial charge is 0.508 e. The van der Waals surface area contributed by atoms with Gasteiger partial charge in [-0.2, -0.15) is 0 Å². The molecule has 3 N–H and O–H groups in total. The molecule has 2 aromatic rings. The van der Waals surface area contributed by atoms with Gasteiger partial charge < -0.3 is 5.11 Å². The molecular weight excluding hydrogens is 318 g/mol. The second-order valence-electron chi connectivity index (χ2n) is 5.73. The van der Waals surface area contributed by atoms with Crippen LogP contribution in [0.4, 0.5) is 0 Å². The maximum Gasteiger partial charge on any atom is 0.243 e. The summed E-state index contributed by atoms with van der Waals surface area (Å²) in [4.78, 5) is 22.1. The van der Waals surface area contributed by atoms with Crippen LogP contribution in [0.1, 0.15) is 46.8 Å². The first-order valence-electron chi connectivity index (χ1n) is 8.19. The Bertz CT molecular complexity index is 705. The lowest BCUT2D eigenvalue weighted by atomic mass is 10.0. The number of hydrogen-bond acceptors (Lipinski definition) is 4. The standard InChI is InChI=1S/C10H11NO4.C10H14/c12-8-3-1-2-7(6-8)9(13)4-5-10(14)11-15;1-4-10-8(2)6-5-7-9(10)3/h1-3,6,12,15H,4-5H2,(H,11,14);5-7H,4H2,1-3H3. The number of carbonyl (C=O) groups excluding carboxylic acids is 2. The SMILES string of the molecule is CCc1c(C)cccc1C.O=C(CCC(=O)c1cccc(O)c1)NO. The Morgan fingerprint density at radius 2 is 1.60 bits per heavy atom. The van der Waals surface area contributed by atoms with Crippen LogP contribution in [0.5, 0.6) is 5.75 Å². The van der Waals surface area contributed by atoms with Crippen molar-refractivity contribution in [2.24, 2.45) is 0 Å². The number of rotatable bonds is 5. The molecule has 0 bridgehead atoms. The first kappa shape index (κ1) is 20.4. The summed E-state index contributed by atoms with van der Waals surface area (Å²) in [6.45, 7) is 6.55. The number of carbonyl (C=O) groups is 2. The van der Waals surface area contributed by atoms with E-state index in [1.165, 1.54) is 34.3 Å². The van der Waals surface area contributed by atoms with Crippen LogP contribution in [-0.4, -0.2) is 22.0 Å². The molecule has 0 heterocycles. The maximum atomic E-state index is 11.4. The number of nitrogens with one attached hydrogen (secondary N) is 1. The summed E-state index contributed by atoms with van der Waals surface area (Å²) in [7, 11) is 0. The van der Waals surface area contributed by atoms with Gasteiger partial charge in [-0.25, -0.2) is 5.48 Å². The van der Waals surface area contributed by atoms with Gasteiger partial charge in [0.15, 0.2) is 5.78 Å². The van der Waals surface area contributed by atoms with Crippen LogP contribution in [0, 0.1) is 13.8 Å². The summed E-state index contributed by atoms with van der Waals surface area (Å²) < 4.78 is 0. The van der Waals surface area contributed by atoms with Crippen LogP contribution in [0.3, 0.4) is 0 Å². The molecule has 0 fully saturated rings. The van der Waals surface area contributed by atoms with Crippen LogP contribution >= 0.6 is 0 Å². The van der Waals surface area contributed by atoms with Crippen molar-refractivity contribution < 1.29 is 19.9 Å². The molecule has 0 aliphatic carbocycles. The Kier molecular flexibility index (Phi) is 8.36. The Labute approximate surface area is 148 Å². The molecule has 0 aromatic heterocycles. The Balaban J connectivity index is 0.000000271. The van der Waals surface area contributed by atoms with Crippen molar-refractivity contribution in [3.63, 3.8) is 0 Å². The molecule has 0 aliphatic rings. The van der Waals surface area contributed by atoms with Gasteiger partial charge in [0, 0.05) is 18.4 Å². The molecule has 0 atom stereocenters. The van der Waals surface area contributed by atoms with Crippen molar-refractivity contribution in [3.05, 3.63) is 64.7 Å². The lowest BCUT2D eigenvalue weighted by Crippen LogP contribution is -2.19. The van der Waals surface area contributed by atoms with Crippen molar-refractivity contribution >= 4 is 11.7 Å². The van der Waals surface area contributed by atoms with Crippen LogP contribution < -0.4 is 5.48 Å². The van der Waals surface area contributed by atoms with Gasteiger partial charge in [0.1, 0.15) is 5.75 Å². The third-order valence-corrected chi connectivity index (χ3v) is 3.87. The third kappa shape index (κ3) is 6.77. The number of hydrogen-bond donors (Lipinski definition) is 3. The maximum absolute atomic E-state index is 11.4. The molecule has 1 amide bonds. The monoisotopic (exact) mass is 343 g/mol. The van der Waals surface area contributed by atoms with Crippen molar-refractivity contribution in [2.75, 3.05) is 0 Å². The minimum absolute atomic E-state index is 0.00412. The topological polar surface area (TPSA) is 86.6 Å². The summed E-state index contributed by atoms with van der Waals surface area (Å²) >= 11 is 0. The number of benzene rings is 2. The number of phenols is 1. The second kappa shape index (κ2) is 10.3. The molecule has 0 aliphatic heterocycles. The van der Waals surface area contributed by atoms with Gasteiger partial charge in [-0.1, -0.05) is 37.3 Å². The van der Waals surface area contributed by atoms with E-state index in [-0.39, 0.29) is 24.4 Å². The minimum Gasteiger partial charge on any atom is -0.508 e. The Hall–Kier alpha value is -2.66. The Morgan fingerprint density at radius 1 is 1.00 bits per heavy atom. The zero-order valence-corrected chi connectivity index (χ0v) is 14.9. The molecular formula is C20H25NO4. The van der Waals surface area contributed by atoms with Crippen molar-refractivity contribution in [3.8, 4) is 5.75 Å². The molecule has 5 nitrogen and oxygen atoms in total. The molecule has 5 heteroatoms. The number of hydroxylamine groups is 1. The van der Waals surface area contributed by atoms with E-state index < -0.39 is 5.91 Å². The number of phenolic OH excluding ortho intramolecular Hbond substituents is 1. The zero-order chi connectivity index (χ0) is 18.8. The number of ketones is 1. The quantitative estimate of drug-likeness (QED) is 0.439. The number of Topliss-reactive ketones (excluding diaryl/α,β-unsaturated/α-hetero) is 1. The fourth-order valence-corrected chi connectivity index (χ4v) is 2.51. The highest BCUT2D eigenvalue weighted by molar-refractivity contribution is 5.98. The van der Waals surface area contributed by atoms with Gasteiger partial charge in [-0.15, -0.1) is 0 Å². The lowest BCUT2D eigenvalue weighted by Gasteiger charge is -2.04. The molecule has 0 unspecified atom stereocenters. The van der Waals surface area contributed by atoms with E-state index in [2.05, 4.69) is 39.0 Å². The highest BCUT2D eigenvalue weighted by Gasteiger charge is 2.08.